The van der Waals surface area contributed by atoms with E-state index in [1.165, 1.54) is 14.0 Å². The summed E-state index contributed by atoms with van der Waals surface area (Å²) in [5, 5.41) is 2.53. The van der Waals surface area contributed by atoms with Gasteiger partial charge in [-0.1, -0.05) is 30.3 Å². The van der Waals surface area contributed by atoms with Crippen molar-refractivity contribution in [2.45, 2.75) is 13.0 Å². The molecule has 1 atom stereocenters. The zero-order chi connectivity index (χ0) is 18.2. The van der Waals surface area contributed by atoms with E-state index in [1.54, 1.807) is 54.6 Å². The Labute approximate surface area is 145 Å². The Morgan fingerprint density at radius 1 is 1.00 bits per heavy atom. The number of para-hydroxylation sites is 1. The Hall–Kier alpha value is -3.15. The third-order valence-corrected chi connectivity index (χ3v) is 3.49. The number of esters is 1. The van der Waals surface area contributed by atoms with Crippen LogP contribution in [0.25, 0.3) is 0 Å². The first-order valence-electron chi connectivity index (χ1n) is 7.71. The van der Waals surface area contributed by atoms with Crippen molar-refractivity contribution in [3.05, 3.63) is 65.7 Å². The molecule has 2 rings (SSSR count). The average Bonchev–Trinajstić information content (AvgIpc) is 2.66. The smallest absolute Gasteiger partial charge is 0.328 e. The molecule has 0 saturated carbocycles. The van der Waals surface area contributed by atoms with E-state index in [2.05, 4.69) is 5.32 Å². The van der Waals surface area contributed by atoms with Crippen LogP contribution in [0.2, 0.25) is 0 Å². The summed E-state index contributed by atoms with van der Waals surface area (Å²) in [7, 11) is 1.46. The summed E-state index contributed by atoms with van der Waals surface area (Å²) in [5.41, 5.74) is 0.769. The first-order chi connectivity index (χ1) is 12.0. The fourth-order valence-corrected chi connectivity index (χ4v) is 2.14. The Kier molecular flexibility index (Phi) is 6.28. The molecule has 6 heteroatoms. The number of rotatable bonds is 7. The minimum absolute atomic E-state index is 0.332. The second-order valence-corrected chi connectivity index (χ2v) is 5.29. The molecular weight excluding hydrogens is 322 g/mol. The molecule has 0 aliphatic heterocycles. The minimum atomic E-state index is -0.877. The molecule has 0 unspecified atom stereocenters. The molecular formula is C19H19NO5. The van der Waals surface area contributed by atoms with Gasteiger partial charge in [0.1, 0.15) is 11.8 Å². The summed E-state index contributed by atoms with van der Waals surface area (Å²) in [4.78, 5) is 36.1. The Balaban J connectivity index is 1.89. The molecule has 130 valence electrons. The predicted molar refractivity (Wildman–Crippen MR) is 91.7 cm³/mol. The lowest BCUT2D eigenvalue weighted by Gasteiger charge is -2.13. The number of hydrogen-bond acceptors (Lipinski definition) is 5. The molecule has 0 fully saturated rings. The summed E-state index contributed by atoms with van der Waals surface area (Å²) in [6, 6.07) is 14.3. The number of benzene rings is 2. The maximum atomic E-state index is 12.2. The number of ether oxygens (including phenoxy) is 2. The number of carbonyl (C=O) groups excluding carboxylic acids is 3. The van der Waals surface area contributed by atoms with Crippen LogP contribution in [-0.2, 0) is 9.53 Å². The van der Waals surface area contributed by atoms with E-state index in [4.69, 9.17) is 9.47 Å². The molecule has 0 aliphatic rings. The molecule has 0 radical (unpaired) electrons. The second-order valence-electron chi connectivity index (χ2n) is 5.29. The highest BCUT2D eigenvalue weighted by atomic mass is 16.5. The van der Waals surface area contributed by atoms with Crippen molar-refractivity contribution >= 4 is 17.7 Å². The van der Waals surface area contributed by atoms with E-state index >= 15 is 0 Å². The van der Waals surface area contributed by atoms with Crippen molar-refractivity contribution in [3.63, 3.8) is 0 Å². The standard InChI is InChI=1S/C19H19NO5/c1-13(20-18(22)14-8-4-3-5-9-14)19(23)25-12-16(21)15-10-6-7-11-17(15)24-2/h3-11,13H,12H2,1-2H3,(H,20,22)/t13-/m0/s1. The van der Waals surface area contributed by atoms with E-state index in [0.717, 1.165) is 0 Å². The SMILES string of the molecule is COc1ccccc1C(=O)COC(=O)[C@H](C)NC(=O)c1ccccc1. The first kappa shape index (κ1) is 18.2. The van der Waals surface area contributed by atoms with E-state index in [9.17, 15) is 14.4 Å². The number of hydrogen-bond donors (Lipinski definition) is 1. The van der Waals surface area contributed by atoms with Gasteiger partial charge in [-0.05, 0) is 31.2 Å². The van der Waals surface area contributed by atoms with Crippen molar-refractivity contribution in [1.29, 1.82) is 0 Å². The molecule has 25 heavy (non-hydrogen) atoms. The zero-order valence-electron chi connectivity index (χ0n) is 14.0. The Morgan fingerprint density at radius 3 is 2.32 bits per heavy atom. The lowest BCUT2D eigenvalue weighted by Crippen LogP contribution is -2.40. The molecule has 0 spiro atoms. The van der Waals surface area contributed by atoms with Gasteiger partial charge in [-0.15, -0.1) is 0 Å². The molecule has 0 bridgehead atoms. The van der Waals surface area contributed by atoms with Crippen molar-refractivity contribution < 1.29 is 23.9 Å². The lowest BCUT2D eigenvalue weighted by atomic mass is 10.1. The third kappa shape index (κ3) is 4.91. The number of Topliss-reactive ketones (excluding diaryl/α,β-unsaturated/α-hetero) is 1. The van der Waals surface area contributed by atoms with Crippen LogP contribution in [-0.4, -0.2) is 37.4 Å². The van der Waals surface area contributed by atoms with Gasteiger partial charge in [0, 0.05) is 5.56 Å². The Bertz CT molecular complexity index is 757. The van der Waals surface area contributed by atoms with E-state index in [1.807, 2.05) is 0 Å². The van der Waals surface area contributed by atoms with Gasteiger partial charge in [0.05, 0.1) is 12.7 Å². The third-order valence-electron chi connectivity index (χ3n) is 3.49. The maximum absolute atomic E-state index is 12.2. The van der Waals surface area contributed by atoms with Crippen LogP contribution < -0.4 is 10.1 Å². The Morgan fingerprint density at radius 2 is 1.64 bits per heavy atom. The molecule has 1 N–H and O–H groups in total. The van der Waals surface area contributed by atoms with Gasteiger partial charge in [-0.2, -0.15) is 0 Å². The van der Waals surface area contributed by atoms with Gasteiger partial charge in [-0.25, -0.2) is 4.79 Å². The first-order valence-corrected chi connectivity index (χ1v) is 7.71. The molecule has 2 aromatic carbocycles. The van der Waals surface area contributed by atoms with Gasteiger partial charge >= 0.3 is 5.97 Å². The largest absolute Gasteiger partial charge is 0.496 e. The van der Waals surface area contributed by atoms with Gasteiger partial charge in [0.25, 0.3) is 5.91 Å². The topological polar surface area (TPSA) is 81.7 Å². The van der Waals surface area contributed by atoms with Crippen LogP contribution in [0.4, 0.5) is 0 Å². The quantitative estimate of drug-likeness (QED) is 0.617. The highest BCUT2D eigenvalue weighted by Gasteiger charge is 2.20. The summed E-state index contributed by atoms with van der Waals surface area (Å²) >= 11 is 0. The molecule has 1 amide bonds. The summed E-state index contributed by atoms with van der Waals surface area (Å²) in [6.45, 7) is 1.07. The molecule has 0 aromatic heterocycles. The van der Waals surface area contributed by atoms with Crippen LogP contribution >= 0.6 is 0 Å². The number of methoxy groups -OCH3 is 1. The molecule has 0 saturated heterocycles. The van der Waals surface area contributed by atoms with Crippen LogP contribution in [0.3, 0.4) is 0 Å². The van der Waals surface area contributed by atoms with Gasteiger partial charge in [0.2, 0.25) is 5.78 Å². The van der Waals surface area contributed by atoms with Crippen LogP contribution in [0.1, 0.15) is 27.6 Å². The lowest BCUT2D eigenvalue weighted by molar-refractivity contribution is -0.144. The summed E-state index contributed by atoms with van der Waals surface area (Å²) in [6.07, 6.45) is 0. The van der Waals surface area contributed by atoms with Crippen molar-refractivity contribution in [2.24, 2.45) is 0 Å². The van der Waals surface area contributed by atoms with E-state index in [-0.39, 0.29) is 11.7 Å². The van der Waals surface area contributed by atoms with E-state index < -0.39 is 18.6 Å². The predicted octanol–water partition coefficient (Wildman–Crippen LogP) is 2.24. The van der Waals surface area contributed by atoms with Gasteiger partial charge in [0.15, 0.2) is 6.61 Å². The summed E-state index contributed by atoms with van der Waals surface area (Å²) < 4.78 is 10.1. The fraction of sp³-hybridized carbons (Fsp3) is 0.211. The number of nitrogens with one attached hydrogen (secondary N) is 1. The van der Waals surface area contributed by atoms with E-state index in [0.29, 0.717) is 16.9 Å². The summed E-state index contributed by atoms with van der Waals surface area (Å²) in [5.74, 6) is -1.05. The highest BCUT2D eigenvalue weighted by Crippen LogP contribution is 2.17. The molecule has 0 heterocycles. The molecule has 2 aromatic rings. The van der Waals surface area contributed by atoms with Crippen molar-refractivity contribution in [3.8, 4) is 5.75 Å². The highest BCUT2D eigenvalue weighted by molar-refractivity contribution is 6.01. The van der Waals surface area contributed by atoms with Crippen LogP contribution in [0.15, 0.2) is 54.6 Å². The van der Waals surface area contributed by atoms with Crippen LogP contribution in [0, 0.1) is 0 Å². The van der Waals surface area contributed by atoms with Crippen molar-refractivity contribution in [1.82, 2.24) is 5.32 Å². The average molecular weight is 341 g/mol. The fourth-order valence-electron chi connectivity index (χ4n) is 2.14. The minimum Gasteiger partial charge on any atom is -0.496 e. The molecule has 0 aliphatic carbocycles. The zero-order valence-corrected chi connectivity index (χ0v) is 14.0. The van der Waals surface area contributed by atoms with Gasteiger partial charge < -0.3 is 14.8 Å². The van der Waals surface area contributed by atoms with Gasteiger partial charge in [-0.3, -0.25) is 9.59 Å². The number of amides is 1. The monoisotopic (exact) mass is 341 g/mol. The number of carbonyl (C=O) groups is 3. The number of ketones is 1. The normalized spacial score (nSPS) is 11.3. The van der Waals surface area contributed by atoms with Crippen LogP contribution in [0.5, 0.6) is 5.75 Å². The molecule has 6 nitrogen and oxygen atoms in total. The van der Waals surface area contributed by atoms with Crippen molar-refractivity contribution in [2.75, 3.05) is 13.7 Å². The maximum Gasteiger partial charge on any atom is 0.328 e. The second kappa shape index (κ2) is 8.63.